The van der Waals surface area contributed by atoms with Crippen molar-refractivity contribution >= 4 is 5.97 Å². The summed E-state index contributed by atoms with van der Waals surface area (Å²) in [4.78, 5) is 10.3. The van der Waals surface area contributed by atoms with Gasteiger partial charge in [-0.15, -0.1) is 0 Å². The van der Waals surface area contributed by atoms with Gasteiger partial charge in [-0.25, -0.2) is 0 Å². The third kappa shape index (κ3) is 37.0. The maximum absolute atomic E-state index is 10.3. The van der Waals surface area contributed by atoms with E-state index in [1.54, 1.807) is 0 Å². The van der Waals surface area contributed by atoms with Crippen LogP contribution in [0.5, 0.6) is 0 Å². The van der Waals surface area contributed by atoms with E-state index >= 15 is 0 Å². The van der Waals surface area contributed by atoms with Crippen LogP contribution in [0.4, 0.5) is 0 Å². The van der Waals surface area contributed by atoms with Crippen LogP contribution in [0, 0.1) is 0 Å². The Balaban J connectivity index is 3.03. The van der Waals surface area contributed by atoms with Gasteiger partial charge in [-0.1, -0.05) is 0 Å². The highest BCUT2D eigenvalue weighted by atomic mass is 16.6. The zero-order valence-corrected chi connectivity index (χ0v) is 24.0. The van der Waals surface area contributed by atoms with Gasteiger partial charge in [0.1, 0.15) is 0 Å². The van der Waals surface area contributed by atoms with Crippen LogP contribution < -0.4 is 0 Å². The average molecular weight is 573 g/mol. The molecule has 0 saturated heterocycles. The summed E-state index contributed by atoms with van der Waals surface area (Å²) in [5.41, 5.74) is 0. The molecule has 39 heavy (non-hydrogen) atoms. The Bertz CT molecular complexity index is 483. The second-order valence-electron chi connectivity index (χ2n) is 8.19. The van der Waals surface area contributed by atoms with E-state index in [-0.39, 0.29) is 19.1 Å². The Hall–Kier alpha value is -0.970. The number of carboxylic acids is 1. The molecule has 0 amide bonds. The first-order chi connectivity index (χ1) is 19.1. The van der Waals surface area contributed by atoms with Gasteiger partial charge in [-0.05, 0) is 13.8 Å². The summed E-state index contributed by atoms with van der Waals surface area (Å²) in [5.74, 6) is -0.872. The molecule has 0 aliphatic heterocycles. The molecule has 234 valence electrons. The van der Waals surface area contributed by atoms with Crippen LogP contribution in [0.3, 0.4) is 0 Å². The quantitative estimate of drug-likeness (QED) is 0.110. The summed E-state index contributed by atoms with van der Waals surface area (Å²) in [6, 6.07) is 0. The van der Waals surface area contributed by atoms with E-state index in [4.69, 9.17) is 57.2 Å². The Kier molecular flexibility index (Phi) is 32.4. The third-order valence-corrected chi connectivity index (χ3v) is 4.49. The van der Waals surface area contributed by atoms with Gasteiger partial charge in [0, 0.05) is 0 Å². The number of aliphatic carboxylic acids is 1. The molecule has 0 radical (unpaired) electrons. The Morgan fingerprint density at radius 2 is 0.615 bits per heavy atom. The minimum Gasteiger partial charge on any atom is -0.481 e. The van der Waals surface area contributed by atoms with Crippen molar-refractivity contribution in [3.8, 4) is 0 Å². The van der Waals surface area contributed by atoms with Gasteiger partial charge < -0.3 is 57.2 Å². The fraction of sp³-hybridized carbons (Fsp3) is 0.962. The number of hydrogen-bond acceptors (Lipinski definition) is 12. The van der Waals surface area contributed by atoms with Gasteiger partial charge in [0.25, 0.3) is 0 Å². The summed E-state index contributed by atoms with van der Waals surface area (Å²) >= 11 is 0. The van der Waals surface area contributed by atoms with Crippen LogP contribution in [0.1, 0.15) is 20.3 Å². The van der Waals surface area contributed by atoms with Gasteiger partial charge in [0.05, 0.1) is 151 Å². The molecular formula is C26H52O13. The average Bonchev–Trinajstić information content (AvgIpc) is 2.91. The maximum atomic E-state index is 10.3. The first-order valence-corrected chi connectivity index (χ1v) is 13.7. The molecule has 0 atom stereocenters. The first-order valence-electron chi connectivity index (χ1n) is 13.7. The molecule has 0 aromatic rings. The van der Waals surface area contributed by atoms with Gasteiger partial charge >= 0.3 is 5.97 Å². The first kappa shape index (κ1) is 38.0. The zero-order valence-electron chi connectivity index (χ0n) is 24.0. The lowest BCUT2D eigenvalue weighted by molar-refractivity contribution is -0.138. The summed E-state index contributed by atoms with van der Waals surface area (Å²) in [6.07, 6.45) is 0.228. The molecule has 0 spiro atoms. The fourth-order valence-electron chi connectivity index (χ4n) is 2.58. The second kappa shape index (κ2) is 33.2. The van der Waals surface area contributed by atoms with Crippen molar-refractivity contribution in [1.82, 2.24) is 0 Å². The molecule has 0 saturated carbocycles. The fourth-order valence-corrected chi connectivity index (χ4v) is 2.58. The van der Waals surface area contributed by atoms with Crippen LogP contribution in [-0.4, -0.2) is 156 Å². The lowest BCUT2D eigenvalue weighted by Crippen LogP contribution is -2.15. The van der Waals surface area contributed by atoms with Crippen LogP contribution in [0.2, 0.25) is 0 Å². The molecule has 0 rings (SSSR count). The highest BCUT2D eigenvalue weighted by Gasteiger charge is 1.98. The van der Waals surface area contributed by atoms with E-state index in [2.05, 4.69) is 0 Å². The predicted molar refractivity (Wildman–Crippen MR) is 142 cm³/mol. The lowest BCUT2D eigenvalue weighted by atomic mass is 10.5. The minimum absolute atomic E-state index is 0.000321. The predicted octanol–water partition coefficient (Wildman–Crippen LogP) is 1.05. The van der Waals surface area contributed by atoms with Gasteiger partial charge in [-0.2, -0.15) is 0 Å². The Morgan fingerprint density at radius 3 is 0.821 bits per heavy atom. The normalized spacial score (nSPS) is 11.6. The molecule has 0 heterocycles. The number of carbonyl (C=O) groups is 1. The van der Waals surface area contributed by atoms with Crippen molar-refractivity contribution in [3.05, 3.63) is 0 Å². The topological polar surface area (TPSA) is 139 Å². The smallest absolute Gasteiger partial charge is 0.305 e. The molecule has 0 fully saturated rings. The molecule has 0 aromatic carbocycles. The molecule has 0 aromatic heterocycles. The molecule has 0 unspecified atom stereocenters. The largest absolute Gasteiger partial charge is 0.481 e. The second-order valence-corrected chi connectivity index (χ2v) is 8.19. The van der Waals surface area contributed by atoms with E-state index in [0.717, 1.165) is 0 Å². The van der Waals surface area contributed by atoms with Crippen molar-refractivity contribution in [2.24, 2.45) is 0 Å². The number of hydrogen-bond donors (Lipinski definition) is 1. The minimum atomic E-state index is -0.872. The number of rotatable bonds is 34. The number of carboxylic acid groups (broad SMARTS) is 1. The van der Waals surface area contributed by atoms with E-state index in [9.17, 15) is 4.79 Å². The summed E-state index contributed by atoms with van der Waals surface area (Å²) in [5, 5.41) is 8.47. The third-order valence-electron chi connectivity index (χ3n) is 4.49. The summed E-state index contributed by atoms with van der Waals surface area (Å²) < 4.78 is 59.2. The maximum Gasteiger partial charge on any atom is 0.305 e. The van der Waals surface area contributed by atoms with E-state index in [0.29, 0.717) is 132 Å². The van der Waals surface area contributed by atoms with Crippen LogP contribution in [0.25, 0.3) is 0 Å². The van der Waals surface area contributed by atoms with Crippen molar-refractivity contribution in [1.29, 1.82) is 0 Å². The molecular weight excluding hydrogens is 520 g/mol. The van der Waals surface area contributed by atoms with Crippen molar-refractivity contribution < 1.29 is 62.0 Å². The van der Waals surface area contributed by atoms with E-state index in [1.807, 2.05) is 13.8 Å². The lowest BCUT2D eigenvalue weighted by Gasteiger charge is -2.09. The number of ether oxygens (including phenoxy) is 11. The molecule has 13 heteroatoms. The molecule has 1 N–H and O–H groups in total. The SMILES string of the molecule is CC(C)OCCOCCOCCOCCOCCOCCOCCOCCOCCOCCOCCC(=O)O. The van der Waals surface area contributed by atoms with Gasteiger partial charge in [0.2, 0.25) is 0 Å². The monoisotopic (exact) mass is 572 g/mol. The van der Waals surface area contributed by atoms with E-state index < -0.39 is 5.97 Å². The standard InChI is InChI=1S/C26H52O13/c1-25(2)39-24-23-38-22-21-37-20-19-36-18-17-35-16-15-34-14-13-33-12-11-32-10-9-31-8-7-30-6-5-29-4-3-26(27)28/h25H,3-24H2,1-2H3,(H,27,28). The van der Waals surface area contributed by atoms with Crippen molar-refractivity contribution in [3.63, 3.8) is 0 Å². The van der Waals surface area contributed by atoms with Crippen molar-refractivity contribution in [2.75, 3.05) is 139 Å². The highest BCUT2D eigenvalue weighted by Crippen LogP contribution is 1.89. The van der Waals surface area contributed by atoms with Crippen LogP contribution in [-0.2, 0) is 56.9 Å². The summed E-state index contributed by atoms with van der Waals surface area (Å²) in [6.45, 7) is 14.2. The molecule has 0 bridgehead atoms. The van der Waals surface area contributed by atoms with E-state index in [1.165, 1.54) is 0 Å². The molecule has 0 aliphatic carbocycles. The molecule has 0 aliphatic rings. The molecule has 13 nitrogen and oxygen atoms in total. The Morgan fingerprint density at radius 1 is 0.410 bits per heavy atom. The van der Waals surface area contributed by atoms with Gasteiger partial charge in [-0.3, -0.25) is 4.79 Å². The highest BCUT2D eigenvalue weighted by molar-refractivity contribution is 5.66. The Labute approximate surface area is 233 Å². The van der Waals surface area contributed by atoms with Crippen LogP contribution >= 0.6 is 0 Å². The van der Waals surface area contributed by atoms with Crippen LogP contribution in [0.15, 0.2) is 0 Å². The van der Waals surface area contributed by atoms with Crippen molar-refractivity contribution in [2.45, 2.75) is 26.4 Å². The van der Waals surface area contributed by atoms with Gasteiger partial charge in [0.15, 0.2) is 0 Å². The zero-order chi connectivity index (χ0) is 28.5. The summed E-state index contributed by atoms with van der Waals surface area (Å²) in [7, 11) is 0.